The van der Waals surface area contributed by atoms with Crippen LogP contribution in [0.25, 0.3) is 16.7 Å². The number of ether oxygens (including phenoxy) is 1. The molecule has 0 fully saturated rings. The molecule has 0 bridgehead atoms. The molecular formula is C23H25ClN4O2S. The first-order valence-corrected chi connectivity index (χ1v) is 11.7. The zero-order valence-corrected chi connectivity index (χ0v) is 19.4. The molecule has 4 aromatic rings. The Morgan fingerprint density at radius 1 is 1.16 bits per heavy atom. The van der Waals surface area contributed by atoms with Crippen LogP contribution in [0, 0.1) is 6.92 Å². The monoisotopic (exact) mass is 456 g/mol. The van der Waals surface area contributed by atoms with Gasteiger partial charge in [0.15, 0.2) is 5.16 Å². The lowest BCUT2D eigenvalue weighted by molar-refractivity contribution is 0.0748. The molecule has 2 aromatic carbocycles. The summed E-state index contributed by atoms with van der Waals surface area (Å²) in [5.41, 5.74) is 3.09. The number of hydrogen-bond acceptors (Lipinski definition) is 5. The fraction of sp³-hybridized carbons (Fsp3) is 0.348. The Hall–Kier alpha value is -2.35. The molecule has 0 radical (unpaired) electrons. The summed E-state index contributed by atoms with van der Waals surface area (Å²) in [5, 5.41) is 10.6. The molecule has 0 amide bonds. The third-order valence-corrected chi connectivity index (χ3v) is 6.20. The molecule has 2 heterocycles. The molecule has 0 aliphatic rings. The van der Waals surface area contributed by atoms with Gasteiger partial charge in [-0.1, -0.05) is 53.2 Å². The predicted molar refractivity (Wildman–Crippen MR) is 126 cm³/mol. The topological polar surface area (TPSA) is 61.4 Å². The van der Waals surface area contributed by atoms with E-state index in [0.29, 0.717) is 35.8 Å². The fourth-order valence-electron chi connectivity index (χ4n) is 3.55. The molecular weight excluding hydrogens is 432 g/mol. The number of nitrogens with zero attached hydrogens (tertiary/aromatic N) is 4. The lowest BCUT2D eigenvalue weighted by Crippen LogP contribution is -2.24. The van der Waals surface area contributed by atoms with Gasteiger partial charge in [0.2, 0.25) is 5.78 Å². The lowest BCUT2D eigenvalue weighted by Gasteiger charge is -2.12. The van der Waals surface area contributed by atoms with E-state index in [2.05, 4.69) is 41.4 Å². The van der Waals surface area contributed by atoms with Gasteiger partial charge in [0.05, 0.1) is 17.0 Å². The molecule has 0 saturated heterocycles. The summed E-state index contributed by atoms with van der Waals surface area (Å²) >= 11 is 7.81. The van der Waals surface area contributed by atoms with E-state index < -0.39 is 0 Å². The minimum atomic E-state index is -0.114. The summed E-state index contributed by atoms with van der Waals surface area (Å²) in [6.45, 7) is 7.15. The van der Waals surface area contributed by atoms with Gasteiger partial charge in [0.1, 0.15) is 0 Å². The van der Waals surface area contributed by atoms with Crippen molar-refractivity contribution >= 4 is 40.0 Å². The Bertz CT molecular complexity index is 1280. The summed E-state index contributed by atoms with van der Waals surface area (Å²) in [7, 11) is 0. The van der Waals surface area contributed by atoms with Crippen LogP contribution in [0.5, 0.6) is 0 Å². The molecule has 4 rings (SSSR count). The van der Waals surface area contributed by atoms with Gasteiger partial charge in [-0.25, -0.2) is 0 Å². The van der Waals surface area contributed by atoms with Crippen LogP contribution in [0.15, 0.2) is 52.4 Å². The minimum absolute atomic E-state index is 0.114. The van der Waals surface area contributed by atoms with Gasteiger partial charge in [-0.05, 0) is 51.0 Å². The molecule has 0 N–H and O–H groups in total. The van der Waals surface area contributed by atoms with Crippen molar-refractivity contribution < 1.29 is 4.74 Å². The third kappa shape index (κ3) is 4.79. The van der Waals surface area contributed by atoms with Crippen molar-refractivity contribution in [2.75, 3.05) is 6.61 Å². The van der Waals surface area contributed by atoms with E-state index in [4.69, 9.17) is 16.3 Å². The van der Waals surface area contributed by atoms with Crippen molar-refractivity contribution in [3.05, 3.63) is 69.0 Å². The fourth-order valence-corrected chi connectivity index (χ4v) is 4.60. The standard InChI is InChI=1S/C23H25ClN4O2S/c1-15(2)30-11-5-10-27-21(29)19-13-18(24)8-9-20(19)28-22(27)25-26-23(28)31-14-17-7-4-6-16(3)12-17/h4,6-9,12-13,15H,5,10-11,14H2,1-3H3. The first kappa shape index (κ1) is 21.9. The molecule has 162 valence electrons. The van der Waals surface area contributed by atoms with E-state index >= 15 is 0 Å². The van der Waals surface area contributed by atoms with Crippen molar-refractivity contribution in [3.8, 4) is 0 Å². The highest BCUT2D eigenvalue weighted by molar-refractivity contribution is 7.98. The SMILES string of the molecule is Cc1cccc(CSc2nnc3n(CCCOC(C)C)c(=O)c4cc(Cl)ccc4n23)c1. The van der Waals surface area contributed by atoms with Gasteiger partial charge in [-0.15, -0.1) is 10.2 Å². The van der Waals surface area contributed by atoms with E-state index in [0.717, 1.165) is 16.4 Å². The highest BCUT2D eigenvalue weighted by Crippen LogP contribution is 2.26. The molecule has 0 spiro atoms. The third-order valence-electron chi connectivity index (χ3n) is 4.96. The molecule has 2 aromatic heterocycles. The maximum absolute atomic E-state index is 13.2. The van der Waals surface area contributed by atoms with Crippen molar-refractivity contribution in [1.29, 1.82) is 0 Å². The quantitative estimate of drug-likeness (QED) is 0.272. The number of fused-ring (bicyclic) bond motifs is 3. The number of rotatable bonds is 8. The van der Waals surface area contributed by atoms with Crippen LogP contribution in [-0.4, -0.2) is 31.9 Å². The number of aromatic nitrogens is 4. The Morgan fingerprint density at radius 3 is 2.77 bits per heavy atom. The molecule has 6 nitrogen and oxygen atoms in total. The largest absolute Gasteiger partial charge is 0.379 e. The number of aryl methyl sites for hydroxylation is 2. The van der Waals surface area contributed by atoms with Crippen molar-refractivity contribution in [2.45, 2.75) is 50.8 Å². The van der Waals surface area contributed by atoms with Gasteiger partial charge in [0.25, 0.3) is 5.56 Å². The van der Waals surface area contributed by atoms with Crippen LogP contribution in [0.4, 0.5) is 0 Å². The van der Waals surface area contributed by atoms with Crippen molar-refractivity contribution in [3.63, 3.8) is 0 Å². The average molecular weight is 457 g/mol. The van der Waals surface area contributed by atoms with Gasteiger partial charge >= 0.3 is 0 Å². The Kier molecular flexibility index (Phi) is 6.65. The number of benzene rings is 2. The smallest absolute Gasteiger partial charge is 0.262 e. The normalized spacial score (nSPS) is 11.8. The highest BCUT2D eigenvalue weighted by Gasteiger charge is 2.17. The summed E-state index contributed by atoms with van der Waals surface area (Å²) in [5.74, 6) is 1.30. The summed E-state index contributed by atoms with van der Waals surface area (Å²) in [4.78, 5) is 13.2. The van der Waals surface area contributed by atoms with Crippen LogP contribution < -0.4 is 5.56 Å². The van der Waals surface area contributed by atoms with E-state index in [1.807, 2.05) is 24.3 Å². The number of halogens is 1. The van der Waals surface area contributed by atoms with Gasteiger partial charge in [0, 0.05) is 23.9 Å². The van der Waals surface area contributed by atoms with Gasteiger partial charge in [-0.3, -0.25) is 13.8 Å². The first-order valence-electron chi connectivity index (χ1n) is 10.3. The van der Waals surface area contributed by atoms with E-state index in [9.17, 15) is 4.79 Å². The van der Waals surface area contributed by atoms with Crippen LogP contribution in [-0.2, 0) is 17.0 Å². The van der Waals surface area contributed by atoms with Crippen molar-refractivity contribution in [1.82, 2.24) is 19.2 Å². The zero-order chi connectivity index (χ0) is 22.0. The molecule has 0 saturated carbocycles. The van der Waals surface area contributed by atoms with Crippen LogP contribution in [0.3, 0.4) is 0 Å². The first-order chi connectivity index (χ1) is 14.9. The molecule has 0 aliphatic carbocycles. The number of thioether (sulfide) groups is 1. The van der Waals surface area contributed by atoms with E-state index in [1.54, 1.807) is 28.5 Å². The highest BCUT2D eigenvalue weighted by atomic mass is 35.5. The van der Waals surface area contributed by atoms with Crippen molar-refractivity contribution in [2.24, 2.45) is 0 Å². The molecule has 0 unspecified atom stereocenters. The Labute approximate surface area is 190 Å². The molecule has 31 heavy (non-hydrogen) atoms. The van der Waals surface area contributed by atoms with Crippen LogP contribution in [0.1, 0.15) is 31.4 Å². The van der Waals surface area contributed by atoms with E-state index in [-0.39, 0.29) is 11.7 Å². The maximum atomic E-state index is 13.2. The summed E-state index contributed by atoms with van der Waals surface area (Å²) in [6.07, 6.45) is 0.864. The molecule has 0 atom stereocenters. The second-order valence-electron chi connectivity index (χ2n) is 7.79. The van der Waals surface area contributed by atoms with E-state index in [1.165, 1.54) is 11.1 Å². The summed E-state index contributed by atoms with van der Waals surface area (Å²) in [6, 6.07) is 13.8. The predicted octanol–water partition coefficient (Wildman–Crippen LogP) is 5.11. The van der Waals surface area contributed by atoms with Gasteiger partial charge in [-0.2, -0.15) is 0 Å². The van der Waals surface area contributed by atoms with Crippen LogP contribution in [0.2, 0.25) is 5.02 Å². The maximum Gasteiger partial charge on any atom is 0.262 e. The Balaban J connectivity index is 1.74. The summed E-state index contributed by atoms with van der Waals surface area (Å²) < 4.78 is 9.27. The second kappa shape index (κ2) is 9.42. The zero-order valence-electron chi connectivity index (χ0n) is 17.8. The lowest BCUT2D eigenvalue weighted by atomic mass is 10.2. The number of hydrogen-bond donors (Lipinski definition) is 0. The second-order valence-corrected chi connectivity index (χ2v) is 9.17. The average Bonchev–Trinajstić information content (AvgIpc) is 3.15. The minimum Gasteiger partial charge on any atom is -0.379 e. The van der Waals surface area contributed by atoms with Gasteiger partial charge < -0.3 is 4.74 Å². The Morgan fingerprint density at radius 2 is 2.00 bits per heavy atom. The molecule has 8 heteroatoms. The molecule has 0 aliphatic heterocycles. The van der Waals surface area contributed by atoms with Crippen LogP contribution >= 0.6 is 23.4 Å².